The molecule has 12 heteroatoms. The molecule has 4 aromatic rings. The minimum atomic E-state index is -1.26. The maximum Gasteiger partial charge on any atom is 0.337 e. The summed E-state index contributed by atoms with van der Waals surface area (Å²) in [6.07, 6.45) is 1.35. The van der Waals surface area contributed by atoms with Gasteiger partial charge in [0.1, 0.15) is 17.2 Å². The van der Waals surface area contributed by atoms with Gasteiger partial charge in [0.25, 0.3) is 0 Å². The van der Waals surface area contributed by atoms with Crippen LogP contribution in [0.25, 0.3) is 28.0 Å². The number of phenols is 1. The third-order valence-electron chi connectivity index (χ3n) is 8.60. The minimum absolute atomic E-state index is 0.139. The van der Waals surface area contributed by atoms with Crippen LogP contribution in [0.2, 0.25) is 0 Å². The summed E-state index contributed by atoms with van der Waals surface area (Å²) in [6.45, 7) is 13.2. The second-order valence-corrected chi connectivity index (χ2v) is 13.9. The molecule has 1 saturated heterocycles. The van der Waals surface area contributed by atoms with Gasteiger partial charge in [-0.3, -0.25) is 4.40 Å². The van der Waals surface area contributed by atoms with Crippen molar-refractivity contribution in [2.45, 2.75) is 77.8 Å². The van der Waals surface area contributed by atoms with Crippen molar-refractivity contribution in [3.63, 3.8) is 0 Å². The topological polar surface area (TPSA) is 126 Å². The number of aromatic nitrogens is 2. The molecule has 0 radical (unpaired) electrons. The molecule has 0 amide bonds. The molecule has 3 N–H and O–H groups in total. The Morgan fingerprint density at radius 2 is 1.73 bits per heavy atom. The lowest BCUT2D eigenvalue weighted by atomic mass is 9.92. The summed E-state index contributed by atoms with van der Waals surface area (Å²) in [7, 11) is 0. The summed E-state index contributed by atoms with van der Waals surface area (Å²) in [5.74, 6) is -3.06. The third kappa shape index (κ3) is 8.38. The summed E-state index contributed by atoms with van der Waals surface area (Å²) in [4.78, 5) is 19.9. The van der Waals surface area contributed by atoms with Gasteiger partial charge in [0, 0.05) is 42.0 Å². The molecular formula is C37H45F2N3O7. The molecule has 1 aliphatic heterocycles. The van der Waals surface area contributed by atoms with E-state index < -0.39 is 41.0 Å². The van der Waals surface area contributed by atoms with Crippen molar-refractivity contribution in [2.24, 2.45) is 0 Å². The van der Waals surface area contributed by atoms with Crippen LogP contribution < -0.4 is 4.90 Å². The van der Waals surface area contributed by atoms with E-state index in [1.807, 2.05) is 50.4 Å². The number of hydrogen-bond donors (Lipinski definition) is 3. The van der Waals surface area contributed by atoms with Gasteiger partial charge in [-0.2, -0.15) is 0 Å². The number of aliphatic hydroxyl groups is 1. The monoisotopic (exact) mass is 681 g/mol. The van der Waals surface area contributed by atoms with E-state index >= 15 is 0 Å². The number of ether oxygens (including phenoxy) is 3. The molecule has 0 spiro atoms. The number of aliphatic hydroxyl groups excluding tert-OH is 1. The van der Waals surface area contributed by atoms with Crippen molar-refractivity contribution in [3.8, 4) is 28.1 Å². The Balaban J connectivity index is 1.55. The number of pyridine rings is 1. The normalized spacial score (nSPS) is 16.2. The van der Waals surface area contributed by atoms with Crippen molar-refractivity contribution in [3.05, 3.63) is 71.4 Å². The van der Waals surface area contributed by atoms with Crippen molar-refractivity contribution in [2.75, 3.05) is 37.8 Å². The largest absolute Gasteiger partial charge is 0.507 e. The molecule has 2 unspecified atom stereocenters. The highest BCUT2D eigenvalue weighted by Crippen LogP contribution is 2.40. The van der Waals surface area contributed by atoms with Gasteiger partial charge in [0.2, 0.25) is 0 Å². The molecule has 1 aliphatic rings. The van der Waals surface area contributed by atoms with Crippen molar-refractivity contribution >= 4 is 17.4 Å². The van der Waals surface area contributed by atoms with E-state index in [4.69, 9.17) is 19.2 Å². The van der Waals surface area contributed by atoms with E-state index in [9.17, 15) is 28.9 Å². The molecule has 1 fully saturated rings. The van der Waals surface area contributed by atoms with Crippen molar-refractivity contribution in [1.82, 2.24) is 9.38 Å². The van der Waals surface area contributed by atoms with Gasteiger partial charge >= 0.3 is 5.97 Å². The highest BCUT2D eigenvalue weighted by Gasteiger charge is 2.37. The van der Waals surface area contributed by atoms with Crippen LogP contribution in [-0.4, -0.2) is 80.9 Å². The lowest BCUT2D eigenvalue weighted by Gasteiger charge is -2.41. The number of anilines is 1. The second-order valence-electron chi connectivity index (χ2n) is 13.9. The Labute approximate surface area is 284 Å². The number of phenolic OH excluding ortho intramolecular Hbond substituents is 1. The average Bonchev–Trinajstić information content (AvgIpc) is 3.44. The molecule has 49 heavy (non-hydrogen) atoms. The first-order valence-corrected chi connectivity index (χ1v) is 16.4. The molecule has 0 bridgehead atoms. The van der Waals surface area contributed by atoms with Crippen molar-refractivity contribution < 1.29 is 43.1 Å². The van der Waals surface area contributed by atoms with Gasteiger partial charge < -0.3 is 34.4 Å². The average molecular weight is 682 g/mol. The predicted molar refractivity (Wildman–Crippen MR) is 182 cm³/mol. The fraction of sp³-hybridized carbons (Fsp3) is 0.459. The van der Waals surface area contributed by atoms with E-state index in [2.05, 4.69) is 11.8 Å². The van der Waals surface area contributed by atoms with E-state index in [0.717, 1.165) is 12.1 Å². The molecule has 0 saturated carbocycles. The maximum atomic E-state index is 14.1. The van der Waals surface area contributed by atoms with Crippen molar-refractivity contribution in [1.29, 1.82) is 0 Å². The zero-order valence-corrected chi connectivity index (χ0v) is 28.8. The Morgan fingerprint density at radius 1 is 1.06 bits per heavy atom. The molecule has 0 aliphatic carbocycles. The summed E-state index contributed by atoms with van der Waals surface area (Å²) in [6, 6.07) is 10.5. The number of hydrogen-bond acceptors (Lipinski definition) is 8. The van der Waals surface area contributed by atoms with E-state index in [1.165, 1.54) is 0 Å². The number of carbonyl (C=O) groups is 1. The third-order valence-corrected chi connectivity index (χ3v) is 8.60. The fourth-order valence-corrected chi connectivity index (χ4v) is 6.17. The zero-order chi connectivity index (χ0) is 35.7. The van der Waals surface area contributed by atoms with Crippen LogP contribution in [0.1, 0.15) is 64.7 Å². The first-order chi connectivity index (χ1) is 23.0. The standard InChI is InChI=1S/C37H45F2N3O7/c1-22-16-31-40-29(25-9-7-8-24(17-25)26-18-27(38)28(39)19-30(26)44)20-42(31)34(32(22)33(35(45)46)49-36(3,4)5)41-12-10-37(6,11-13-41)48-15-14-47-21-23(2)43/h7-9,16-20,23,33,43-44H,10-15,21H2,1-6H3,(H,45,46). The Kier molecular flexibility index (Phi) is 10.6. The van der Waals surface area contributed by atoms with Gasteiger partial charge in [-0.25, -0.2) is 18.6 Å². The number of aryl methyl sites for hydroxylation is 1. The molecule has 5 rings (SSSR count). The number of benzene rings is 2. The van der Waals surface area contributed by atoms with Gasteiger partial charge in [-0.1, -0.05) is 18.2 Å². The summed E-state index contributed by atoms with van der Waals surface area (Å²) >= 11 is 0. The number of fused-ring (bicyclic) bond motifs is 1. The highest BCUT2D eigenvalue weighted by molar-refractivity contribution is 5.80. The van der Waals surface area contributed by atoms with E-state index in [-0.39, 0.29) is 17.9 Å². The zero-order valence-electron chi connectivity index (χ0n) is 28.8. The summed E-state index contributed by atoms with van der Waals surface area (Å²) < 4.78 is 47.6. The number of carboxylic acid groups (broad SMARTS) is 1. The van der Waals surface area contributed by atoms with Crippen LogP contribution in [-0.2, 0) is 19.0 Å². The minimum Gasteiger partial charge on any atom is -0.507 e. The highest BCUT2D eigenvalue weighted by atomic mass is 19.2. The first kappa shape index (κ1) is 36.2. The quantitative estimate of drug-likeness (QED) is 0.141. The number of halogens is 2. The second kappa shape index (κ2) is 14.4. The fourth-order valence-electron chi connectivity index (χ4n) is 6.17. The molecule has 2 atom stereocenters. The van der Waals surface area contributed by atoms with Crippen LogP contribution in [0.3, 0.4) is 0 Å². The number of nitrogens with zero attached hydrogens (tertiary/aromatic N) is 3. The number of imidazole rings is 1. The smallest absolute Gasteiger partial charge is 0.337 e. The summed E-state index contributed by atoms with van der Waals surface area (Å²) in [5, 5.41) is 30.3. The SMILES string of the molecule is Cc1cc2nc(-c3cccc(-c4cc(F)c(F)cc4O)c3)cn2c(N2CCC(C)(OCCOCC(C)O)CC2)c1C(OC(C)(C)C)C(=O)O. The van der Waals surface area contributed by atoms with Crippen LogP contribution in [0.5, 0.6) is 5.75 Å². The number of aromatic hydroxyl groups is 1. The molecular weight excluding hydrogens is 636 g/mol. The summed E-state index contributed by atoms with van der Waals surface area (Å²) in [5.41, 5.74) is 2.48. The lowest BCUT2D eigenvalue weighted by molar-refractivity contribution is -0.160. The first-order valence-electron chi connectivity index (χ1n) is 16.4. The predicted octanol–water partition coefficient (Wildman–Crippen LogP) is 6.67. The van der Waals surface area contributed by atoms with Crippen LogP contribution in [0, 0.1) is 18.6 Å². The number of carboxylic acids is 1. The Hall–Kier alpha value is -4.10. The number of aliphatic carboxylic acids is 1. The van der Waals surface area contributed by atoms with Crippen LogP contribution in [0.4, 0.5) is 14.6 Å². The molecule has 264 valence electrons. The van der Waals surface area contributed by atoms with Gasteiger partial charge in [0.05, 0.1) is 42.8 Å². The molecule has 2 aromatic carbocycles. The molecule has 3 heterocycles. The maximum absolute atomic E-state index is 14.1. The molecule has 10 nitrogen and oxygen atoms in total. The van der Waals surface area contributed by atoms with E-state index in [1.54, 1.807) is 25.1 Å². The number of piperidine rings is 1. The number of rotatable bonds is 12. The Bertz CT molecular complexity index is 1810. The molecule has 2 aromatic heterocycles. The van der Waals surface area contributed by atoms with Gasteiger partial charge in [-0.15, -0.1) is 0 Å². The van der Waals surface area contributed by atoms with E-state index in [0.29, 0.717) is 78.6 Å². The van der Waals surface area contributed by atoms with Crippen LogP contribution in [0.15, 0.2) is 48.7 Å². The Morgan fingerprint density at radius 3 is 2.39 bits per heavy atom. The van der Waals surface area contributed by atoms with Crippen LogP contribution >= 0.6 is 0 Å². The van der Waals surface area contributed by atoms with Gasteiger partial charge in [0.15, 0.2) is 17.7 Å². The van der Waals surface area contributed by atoms with Gasteiger partial charge in [-0.05, 0) is 83.7 Å². The lowest BCUT2D eigenvalue weighted by Crippen LogP contribution is -2.46.